The van der Waals surface area contributed by atoms with Gasteiger partial charge in [-0.1, -0.05) is 29.3 Å². The number of aryl methyl sites for hydroxylation is 1. The lowest BCUT2D eigenvalue weighted by Gasteiger charge is -2.10. The molecule has 146 valence electrons. The van der Waals surface area contributed by atoms with Crippen molar-refractivity contribution in [2.45, 2.75) is 6.92 Å². The predicted octanol–water partition coefficient (Wildman–Crippen LogP) is 3.60. The van der Waals surface area contributed by atoms with Crippen molar-refractivity contribution in [3.8, 4) is 11.5 Å². The Balaban J connectivity index is 1.40. The molecule has 0 aliphatic carbocycles. The lowest BCUT2D eigenvalue weighted by molar-refractivity contribution is 0.0764. The third kappa shape index (κ3) is 6.37. The highest BCUT2D eigenvalue weighted by Crippen LogP contribution is 2.21. The predicted molar refractivity (Wildman–Crippen MR) is 107 cm³/mol. The third-order valence-corrected chi connectivity index (χ3v) is 3.95. The second kappa shape index (κ2) is 10.4. The molecule has 0 aliphatic heterocycles. The van der Waals surface area contributed by atoms with Crippen molar-refractivity contribution in [3.63, 3.8) is 0 Å². The van der Waals surface area contributed by atoms with Crippen molar-refractivity contribution in [1.29, 1.82) is 0 Å². The van der Waals surface area contributed by atoms with Gasteiger partial charge >= 0.3 is 0 Å². The van der Waals surface area contributed by atoms with E-state index in [1.54, 1.807) is 24.4 Å². The minimum atomic E-state index is 0.402. The molecule has 3 rings (SSSR count). The highest BCUT2D eigenvalue weighted by molar-refractivity contribution is 6.30. The molecule has 1 aromatic heterocycles. The first-order valence-electron chi connectivity index (χ1n) is 8.79. The van der Waals surface area contributed by atoms with Crippen LogP contribution in [0.25, 0.3) is 0 Å². The summed E-state index contributed by atoms with van der Waals surface area (Å²) in [5, 5.41) is 12.2. The highest BCUT2D eigenvalue weighted by Gasteiger charge is 2.03. The highest BCUT2D eigenvalue weighted by atomic mass is 35.5. The van der Waals surface area contributed by atoms with Crippen LogP contribution in [-0.2, 0) is 4.74 Å². The van der Waals surface area contributed by atoms with Crippen molar-refractivity contribution >= 4 is 17.8 Å². The van der Waals surface area contributed by atoms with Crippen molar-refractivity contribution in [2.75, 3.05) is 26.4 Å². The molecule has 8 heteroatoms. The summed E-state index contributed by atoms with van der Waals surface area (Å²) < 4.78 is 18.4. The molecule has 0 saturated heterocycles. The van der Waals surface area contributed by atoms with Gasteiger partial charge in [0.25, 0.3) is 0 Å². The van der Waals surface area contributed by atoms with Crippen LogP contribution in [0.4, 0.5) is 0 Å². The number of hydrogen-bond donors (Lipinski definition) is 0. The summed E-state index contributed by atoms with van der Waals surface area (Å²) in [6.45, 7) is 3.86. The van der Waals surface area contributed by atoms with Gasteiger partial charge < -0.3 is 14.2 Å². The molecule has 1 heterocycles. The number of aromatic nitrogens is 3. The van der Waals surface area contributed by atoms with E-state index < -0.39 is 0 Å². The van der Waals surface area contributed by atoms with Crippen molar-refractivity contribution in [3.05, 3.63) is 71.3 Å². The van der Waals surface area contributed by atoms with Gasteiger partial charge in [-0.25, -0.2) is 4.68 Å². The Morgan fingerprint density at radius 2 is 1.68 bits per heavy atom. The zero-order valence-electron chi connectivity index (χ0n) is 15.5. The number of halogens is 1. The van der Waals surface area contributed by atoms with Gasteiger partial charge in [-0.15, -0.1) is 10.2 Å². The Labute approximate surface area is 168 Å². The van der Waals surface area contributed by atoms with Crippen LogP contribution >= 0.6 is 11.6 Å². The quantitative estimate of drug-likeness (QED) is 0.384. The second-order valence-electron chi connectivity index (χ2n) is 5.89. The van der Waals surface area contributed by atoms with E-state index in [4.69, 9.17) is 25.8 Å². The summed E-state index contributed by atoms with van der Waals surface area (Å²) >= 11 is 6.07. The summed E-state index contributed by atoms with van der Waals surface area (Å²) in [4.78, 5) is 0. The zero-order chi connectivity index (χ0) is 19.6. The molecule has 0 saturated carbocycles. The Morgan fingerprint density at radius 3 is 2.43 bits per heavy atom. The van der Waals surface area contributed by atoms with Crippen LogP contribution in [0.2, 0.25) is 5.02 Å². The van der Waals surface area contributed by atoms with Gasteiger partial charge in [-0.3, -0.25) is 0 Å². The van der Waals surface area contributed by atoms with Gasteiger partial charge in [0.1, 0.15) is 37.4 Å². The summed E-state index contributed by atoms with van der Waals surface area (Å²) in [6, 6.07) is 13.3. The van der Waals surface area contributed by atoms with Crippen molar-refractivity contribution in [1.82, 2.24) is 14.9 Å². The molecule has 0 N–H and O–H groups in total. The van der Waals surface area contributed by atoms with Crippen LogP contribution < -0.4 is 9.47 Å². The standard InChI is InChI=1S/C20H21ClN4O3/c1-16-2-5-19(6-3-16)27-10-8-26-9-11-28-20-7-4-18(21)12-17(20)13-24-25-14-22-23-15-25/h2-7,12-15H,8-11H2,1H3. The molecule has 0 spiro atoms. The lowest BCUT2D eigenvalue weighted by atomic mass is 10.2. The summed E-state index contributed by atoms with van der Waals surface area (Å²) in [7, 11) is 0. The molecule has 2 aromatic carbocycles. The average molecular weight is 401 g/mol. The molecule has 0 aliphatic rings. The van der Waals surface area contributed by atoms with Crippen LogP contribution in [-0.4, -0.2) is 47.5 Å². The third-order valence-electron chi connectivity index (χ3n) is 3.71. The summed E-state index contributed by atoms with van der Waals surface area (Å²) in [5.41, 5.74) is 1.96. The molecule has 0 bridgehead atoms. The molecule has 7 nitrogen and oxygen atoms in total. The fourth-order valence-corrected chi connectivity index (χ4v) is 2.48. The lowest BCUT2D eigenvalue weighted by Crippen LogP contribution is -2.12. The first kappa shape index (κ1) is 19.9. The molecule has 0 unspecified atom stereocenters. The van der Waals surface area contributed by atoms with Gasteiger partial charge in [-0.05, 0) is 37.3 Å². The maximum Gasteiger partial charge on any atom is 0.141 e. The number of ether oxygens (including phenoxy) is 3. The van der Waals surface area contributed by atoms with Gasteiger partial charge in [-0.2, -0.15) is 5.10 Å². The maximum atomic E-state index is 6.07. The van der Waals surface area contributed by atoms with Crippen LogP contribution in [0.15, 0.2) is 60.2 Å². The van der Waals surface area contributed by atoms with Gasteiger partial charge in [0.2, 0.25) is 0 Å². The minimum Gasteiger partial charge on any atom is -0.491 e. The number of benzene rings is 2. The van der Waals surface area contributed by atoms with Crippen LogP contribution in [0, 0.1) is 6.92 Å². The topological polar surface area (TPSA) is 70.8 Å². The Bertz CT molecular complexity index is 883. The van der Waals surface area contributed by atoms with E-state index in [1.165, 1.54) is 22.9 Å². The SMILES string of the molecule is Cc1ccc(OCCOCCOc2ccc(Cl)cc2C=Nn2cnnc2)cc1. The number of rotatable bonds is 10. The monoisotopic (exact) mass is 400 g/mol. The zero-order valence-corrected chi connectivity index (χ0v) is 16.2. The molecular formula is C20H21ClN4O3. The number of hydrogen-bond acceptors (Lipinski definition) is 6. The molecule has 0 radical (unpaired) electrons. The number of nitrogens with zero attached hydrogens (tertiary/aromatic N) is 4. The van der Waals surface area contributed by atoms with Crippen LogP contribution in [0.1, 0.15) is 11.1 Å². The van der Waals surface area contributed by atoms with Gasteiger partial charge in [0, 0.05) is 10.6 Å². The first-order valence-corrected chi connectivity index (χ1v) is 9.17. The molecule has 28 heavy (non-hydrogen) atoms. The van der Waals surface area contributed by atoms with Crippen LogP contribution in [0.5, 0.6) is 11.5 Å². The molecule has 3 aromatic rings. The average Bonchev–Trinajstić information content (AvgIpc) is 3.22. The normalized spacial score (nSPS) is 11.1. The summed E-state index contributed by atoms with van der Waals surface area (Å²) in [5.74, 6) is 1.50. The van der Waals surface area contributed by atoms with Gasteiger partial charge in [0.05, 0.1) is 19.4 Å². The van der Waals surface area contributed by atoms with Gasteiger partial charge in [0.15, 0.2) is 0 Å². The molecular weight excluding hydrogens is 380 g/mol. The molecule has 0 amide bonds. The first-order chi connectivity index (χ1) is 13.7. The molecule has 0 fully saturated rings. The van der Waals surface area contributed by atoms with Crippen molar-refractivity contribution in [2.24, 2.45) is 5.10 Å². The fourth-order valence-electron chi connectivity index (χ4n) is 2.30. The minimum absolute atomic E-state index is 0.402. The Morgan fingerprint density at radius 1 is 0.964 bits per heavy atom. The Hall–Kier alpha value is -2.90. The van der Waals surface area contributed by atoms with E-state index in [1.807, 2.05) is 31.2 Å². The maximum absolute atomic E-state index is 6.07. The van der Waals surface area contributed by atoms with E-state index >= 15 is 0 Å². The van der Waals surface area contributed by atoms with E-state index in [-0.39, 0.29) is 0 Å². The van der Waals surface area contributed by atoms with Crippen LogP contribution in [0.3, 0.4) is 0 Å². The Kier molecular flexibility index (Phi) is 7.40. The van der Waals surface area contributed by atoms with E-state index in [0.717, 1.165) is 11.3 Å². The largest absolute Gasteiger partial charge is 0.491 e. The summed E-state index contributed by atoms with van der Waals surface area (Å²) in [6.07, 6.45) is 4.63. The van der Waals surface area contributed by atoms with Crippen molar-refractivity contribution < 1.29 is 14.2 Å². The van der Waals surface area contributed by atoms with E-state index in [2.05, 4.69) is 15.3 Å². The fraction of sp³-hybridized carbons (Fsp3) is 0.250. The smallest absolute Gasteiger partial charge is 0.141 e. The van der Waals surface area contributed by atoms with E-state index in [0.29, 0.717) is 37.2 Å². The van der Waals surface area contributed by atoms with E-state index in [9.17, 15) is 0 Å². The molecule has 0 atom stereocenters. The second-order valence-corrected chi connectivity index (χ2v) is 6.33.